The third kappa shape index (κ3) is 4.70. The first-order valence-corrected chi connectivity index (χ1v) is 9.67. The minimum absolute atomic E-state index is 0.133. The smallest absolute Gasteiger partial charge is 0.291 e. The van der Waals surface area contributed by atoms with Crippen molar-refractivity contribution < 1.29 is 14.0 Å². The average Bonchev–Trinajstić information content (AvgIpc) is 3.10. The number of rotatable bonds is 5. The van der Waals surface area contributed by atoms with Gasteiger partial charge in [-0.15, -0.1) is 0 Å². The van der Waals surface area contributed by atoms with Crippen LogP contribution in [0.25, 0.3) is 0 Å². The maximum atomic E-state index is 12.7. The zero-order valence-electron chi connectivity index (χ0n) is 15.9. The van der Waals surface area contributed by atoms with E-state index in [0.717, 1.165) is 16.7 Å². The standard InChI is InChI=1S/C22H21BrN2O3/c1-13-7-8-14(2)18(11-13)15(3)24-21(26)16-5-4-6-17(12-16)25-22(27)19-9-10-20(23)28-19/h4-12,15H,1-3H3,(H,24,26)(H,25,27). The minimum Gasteiger partial charge on any atom is -0.444 e. The van der Waals surface area contributed by atoms with E-state index in [-0.39, 0.29) is 23.6 Å². The molecule has 28 heavy (non-hydrogen) atoms. The number of amides is 2. The van der Waals surface area contributed by atoms with Gasteiger partial charge in [0.25, 0.3) is 11.8 Å². The first kappa shape index (κ1) is 19.9. The molecule has 1 aromatic heterocycles. The molecule has 0 saturated carbocycles. The molecule has 0 aliphatic heterocycles. The molecule has 0 radical (unpaired) electrons. The third-order valence-corrected chi connectivity index (χ3v) is 4.85. The summed E-state index contributed by atoms with van der Waals surface area (Å²) in [5, 5.41) is 5.75. The van der Waals surface area contributed by atoms with Crippen molar-refractivity contribution in [3.05, 3.63) is 87.3 Å². The van der Waals surface area contributed by atoms with Gasteiger partial charge in [-0.25, -0.2) is 0 Å². The number of hydrogen-bond acceptors (Lipinski definition) is 3. The lowest BCUT2D eigenvalue weighted by molar-refractivity contribution is 0.0938. The van der Waals surface area contributed by atoms with Crippen LogP contribution in [-0.2, 0) is 0 Å². The Labute approximate surface area is 172 Å². The number of hydrogen-bond donors (Lipinski definition) is 2. The van der Waals surface area contributed by atoms with Crippen molar-refractivity contribution in [2.75, 3.05) is 5.32 Å². The van der Waals surface area contributed by atoms with Gasteiger partial charge < -0.3 is 15.1 Å². The summed E-state index contributed by atoms with van der Waals surface area (Å²) in [6.07, 6.45) is 0. The van der Waals surface area contributed by atoms with E-state index >= 15 is 0 Å². The highest BCUT2D eigenvalue weighted by Crippen LogP contribution is 2.20. The molecular weight excluding hydrogens is 420 g/mol. The zero-order chi connectivity index (χ0) is 20.3. The van der Waals surface area contributed by atoms with E-state index in [0.29, 0.717) is 15.9 Å². The Morgan fingerprint density at radius 3 is 2.50 bits per heavy atom. The largest absolute Gasteiger partial charge is 0.444 e. The highest BCUT2D eigenvalue weighted by Gasteiger charge is 2.15. The number of furan rings is 1. The predicted octanol–water partition coefficient (Wildman–Crippen LogP) is 5.40. The van der Waals surface area contributed by atoms with Crippen molar-refractivity contribution in [2.45, 2.75) is 26.8 Å². The van der Waals surface area contributed by atoms with Gasteiger partial charge in [-0.05, 0) is 78.2 Å². The van der Waals surface area contributed by atoms with Crippen molar-refractivity contribution in [3.8, 4) is 0 Å². The van der Waals surface area contributed by atoms with Crippen LogP contribution in [-0.4, -0.2) is 11.8 Å². The summed E-state index contributed by atoms with van der Waals surface area (Å²) in [5.41, 5.74) is 4.35. The Bertz CT molecular complexity index is 1030. The minimum atomic E-state index is -0.382. The molecule has 0 aliphatic carbocycles. The summed E-state index contributed by atoms with van der Waals surface area (Å²) >= 11 is 3.17. The molecule has 0 aliphatic rings. The van der Waals surface area contributed by atoms with Crippen molar-refractivity contribution in [2.24, 2.45) is 0 Å². The summed E-state index contributed by atoms with van der Waals surface area (Å²) in [4.78, 5) is 24.9. The van der Waals surface area contributed by atoms with Gasteiger partial charge in [0.2, 0.25) is 0 Å². The first-order chi connectivity index (χ1) is 13.3. The van der Waals surface area contributed by atoms with Crippen LogP contribution >= 0.6 is 15.9 Å². The van der Waals surface area contributed by atoms with Crippen molar-refractivity contribution in [1.29, 1.82) is 0 Å². The normalized spacial score (nSPS) is 11.7. The van der Waals surface area contributed by atoms with E-state index in [9.17, 15) is 9.59 Å². The maximum absolute atomic E-state index is 12.7. The van der Waals surface area contributed by atoms with E-state index in [2.05, 4.69) is 44.8 Å². The summed E-state index contributed by atoms with van der Waals surface area (Å²) in [5.74, 6) is -0.400. The number of carbonyl (C=O) groups excluding carboxylic acids is 2. The molecule has 2 aromatic carbocycles. The molecule has 3 aromatic rings. The average molecular weight is 441 g/mol. The second-order valence-corrected chi connectivity index (χ2v) is 7.48. The second-order valence-electron chi connectivity index (χ2n) is 6.69. The molecule has 5 nitrogen and oxygen atoms in total. The van der Waals surface area contributed by atoms with Gasteiger partial charge in [-0.1, -0.05) is 29.8 Å². The topological polar surface area (TPSA) is 71.3 Å². The molecule has 1 heterocycles. The molecule has 1 unspecified atom stereocenters. The molecule has 2 N–H and O–H groups in total. The number of anilines is 1. The Morgan fingerprint density at radius 2 is 1.79 bits per heavy atom. The molecule has 1 atom stereocenters. The fraction of sp³-hybridized carbons (Fsp3) is 0.182. The fourth-order valence-corrected chi connectivity index (χ4v) is 3.26. The van der Waals surface area contributed by atoms with Crippen molar-refractivity contribution in [1.82, 2.24) is 5.32 Å². The summed E-state index contributed by atoms with van der Waals surface area (Å²) in [6, 6.07) is 16.1. The first-order valence-electron chi connectivity index (χ1n) is 8.88. The highest BCUT2D eigenvalue weighted by molar-refractivity contribution is 9.10. The van der Waals surface area contributed by atoms with Crippen LogP contribution in [0.1, 0.15) is 50.6 Å². The number of carbonyl (C=O) groups is 2. The molecule has 0 bridgehead atoms. The highest BCUT2D eigenvalue weighted by atomic mass is 79.9. The lowest BCUT2D eigenvalue weighted by Gasteiger charge is -2.17. The Morgan fingerprint density at radius 1 is 1.00 bits per heavy atom. The van der Waals surface area contributed by atoms with Gasteiger partial charge in [0.05, 0.1) is 6.04 Å². The van der Waals surface area contributed by atoms with Gasteiger partial charge in [0.1, 0.15) is 0 Å². The van der Waals surface area contributed by atoms with E-state index in [4.69, 9.17) is 4.42 Å². The van der Waals surface area contributed by atoms with E-state index in [1.54, 1.807) is 36.4 Å². The summed E-state index contributed by atoms with van der Waals surface area (Å²) in [7, 11) is 0. The summed E-state index contributed by atoms with van der Waals surface area (Å²) in [6.45, 7) is 6.02. The van der Waals surface area contributed by atoms with E-state index in [1.807, 2.05) is 20.8 Å². The molecule has 2 amide bonds. The Kier molecular flexibility index (Phi) is 5.99. The summed E-state index contributed by atoms with van der Waals surface area (Å²) < 4.78 is 5.72. The van der Waals surface area contributed by atoms with Gasteiger partial charge in [0.15, 0.2) is 10.4 Å². The molecule has 6 heteroatoms. The molecular formula is C22H21BrN2O3. The molecule has 0 fully saturated rings. The van der Waals surface area contributed by atoms with Gasteiger partial charge in [0, 0.05) is 11.3 Å². The van der Waals surface area contributed by atoms with Crippen LogP contribution in [0.2, 0.25) is 0 Å². The third-order valence-electron chi connectivity index (χ3n) is 4.43. The molecule has 144 valence electrons. The van der Waals surface area contributed by atoms with Crippen LogP contribution in [0, 0.1) is 13.8 Å². The van der Waals surface area contributed by atoms with Crippen molar-refractivity contribution >= 4 is 33.4 Å². The maximum Gasteiger partial charge on any atom is 0.291 e. The second kappa shape index (κ2) is 8.44. The SMILES string of the molecule is Cc1ccc(C)c(C(C)NC(=O)c2cccc(NC(=O)c3ccc(Br)o3)c2)c1. The van der Waals surface area contributed by atoms with Crippen molar-refractivity contribution in [3.63, 3.8) is 0 Å². The molecule has 0 spiro atoms. The number of aryl methyl sites for hydroxylation is 2. The van der Waals surface area contributed by atoms with Gasteiger partial charge in [-0.2, -0.15) is 0 Å². The predicted molar refractivity (Wildman–Crippen MR) is 113 cm³/mol. The Hall–Kier alpha value is -2.86. The number of nitrogens with one attached hydrogen (secondary N) is 2. The lowest BCUT2D eigenvalue weighted by atomic mass is 9.99. The lowest BCUT2D eigenvalue weighted by Crippen LogP contribution is -2.27. The molecule has 0 saturated heterocycles. The molecule has 3 rings (SSSR count). The van der Waals surface area contributed by atoms with Crippen LogP contribution in [0.4, 0.5) is 5.69 Å². The van der Waals surface area contributed by atoms with E-state index in [1.165, 1.54) is 0 Å². The number of halogens is 1. The van der Waals surface area contributed by atoms with Gasteiger partial charge >= 0.3 is 0 Å². The van der Waals surface area contributed by atoms with Crippen LogP contribution in [0.3, 0.4) is 0 Å². The zero-order valence-corrected chi connectivity index (χ0v) is 17.5. The van der Waals surface area contributed by atoms with Crippen LogP contribution < -0.4 is 10.6 Å². The fourth-order valence-electron chi connectivity index (χ4n) is 2.95. The quantitative estimate of drug-likeness (QED) is 0.557. The van der Waals surface area contributed by atoms with Gasteiger partial charge in [-0.3, -0.25) is 9.59 Å². The van der Waals surface area contributed by atoms with Crippen LogP contribution in [0.15, 0.2) is 63.7 Å². The monoisotopic (exact) mass is 440 g/mol. The van der Waals surface area contributed by atoms with E-state index < -0.39 is 0 Å². The number of benzene rings is 2. The Balaban J connectivity index is 1.71. The van der Waals surface area contributed by atoms with Crippen LogP contribution in [0.5, 0.6) is 0 Å².